The molecule has 2 fully saturated rings. The molecule has 9 heteroatoms. The molecule has 0 radical (unpaired) electrons. The average molecular weight is 312 g/mol. The number of hydrogen-bond acceptors (Lipinski definition) is 7. The Morgan fingerprint density at radius 2 is 1.83 bits per heavy atom. The molecule has 0 N–H and O–H groups in total. The third kappa shape index (κ3) is 1.85. The third-order valence-electron chi connectivity index (χ3n) is 4.57. The van der Waals surface area contributed by atoms with E-state index >= 15 is 0 Å². The molecule has 0 saturated carbocycles. The van der Waals surface area contributed by atoms with Crippen LogP contribution in [0.25, 0.3) is 5.65 Å². The van der Waals surface area contributed by atoms with Gasteiger partial charge in [-0.25, -0.2) is 19.3 Å². The largest absolute Gasteiger partial charge is 0.347 e. The van der Waals surface area contributed by atoms with Gasteiger partial charge < -0.3 is 9.80 Å². The fourth-order valence-corrected chi connectivity index (χ4v) is 3.57. The molecule has 2 bridgehead atoms. The van der Waals surface area contributed by atoms with Crippen LogP contribution in [-0.4, -0.2) is 54.7 Å². The van der Waals surface area contributed by atoms with E-state index in [9.17, 15) is 4.39 Å². The quantitative estimate of drug-likeness (QED) is 0.683. The van der Waals surface area contributed by atoms with Crippen molar-refractivity contribution in [3.05, 3.63) is 36.9 Å². The van der Waals surface area contributed by atoms with E-state index in [-0.39, 0.29) is 0 Å². The predicted molar refractivity (Wildman–Crippen MR) is 79.7 cm³/mol. The van der Waals surface area contributed by atoms with Gasteiger partial charge in [0.15, 0.2) is 11.6 Å². The molecular formula is C14H13FN8. The number of piperazine rings is 1. The molecular weight excluding hydrogens is 299 g/mol. The summed E-state index contributed by atoms with van der Waals surface area (Å²) in [5.74, 6) is 1.03. The zero-order chi connectivity index (χ0) is 15.4. The summed E-state index contributed by atoms with van der Waals surface area (Å²) in [5.41, 5.74) is 0.768. The number of halogens is 1. The van der Waals surface area contributed by atoms with Crippen molar-refractivity contribution >= 4 is 17.4 Å². The molecule has 116 valence electrons. The molecule has 23 heavy (non-hydrogen) atoms. The molecule has 0 spiro atoms. The highest BCUT2D eigenvalue weighted by molar-refractivity contribution is 5.65. The topological polar surface area (TPSA) is 75.3 Å². The predicted octanol–water partition coefficient (Wildman–Crippen LogP) is 0.521. The summed E-state index contributed by atoms with van der Waals surface area (Å²) in [7, 11) is 0. The molecule has 5 heterocycles. The van der Waals surface area contributed by atoms with E-state index in [0.717, 1.165) is 31.0 Å². The van der Waals surface area contributed by atoms with Gasteiger partial charge in [-0.15, -0.1) is 10.2 Å². The Morgan fingerprint density at radius 1 is 1.04 bits per heavy atom. The number of anilines is 2. The normalized spacial score (nSPS) is 23.2. The standard InChI is InChI=1S/C14H13FN8/c15-9-4-17-14(18-5-9)23-7-10-3-11(23)6-22(10)12-13-20-19-8-21(13)2-1-16-12/h1-2,4-5,8,10-11H,3,6-7H2. The van der Waals surface area contributed by atoms with E-state index in [2.05, 4.69) is 34.9 Å². The van der Waals surface area contributed by atoms with Gasteiger partial charge in [0, 0.05) is 25.5 Å². The lowest BCUT2D eigenvalue weighted by Crippen LogP contribution is -2.47. The minimum absolute atomic E-state index is 0.301. The Morgan fingerprint density at radius 3 is 2.61 bits per heavy atom. The Bertz CT molecular complexity index is 863. The SMILES string of the molecule is Fc1cnc(N2CC3CC2CN3c2nccn3cnnc23)nc1. The molecule has 5 rings (SSSR count). The van der Waals surface area contributed by atoms with Gasteiger partial charge in [0.05, 0.1) is 24.5 Å². The van der Waals surface area contributed by atoms with Crippen LogP contribution < -0.4 is 9.80 Å². The van der Waals surface area contributed by atoms with Crippen LogP contribution in [0.3, 0.4) is 0 Å². The van der Waals surface area contributed by atoms with Crippen LogP contribution in [0.15, 0.2) is 31.1 Å². The summed E-state index contributed by atoms with van der Waals surface area (Å²) in [4.78, 5) is 17.1. The van der Waals surface area contributed by atoms with E-state index in [1.54, 1.807) is 12.5 Å². The second-order valence-electron chi connectivity index (χ2n) is 5.86. The van der Waals surface area contributed by atoms with E-state index in [1.165, 1.54) is 12.4 Å². The number of nitrogens with zero attached hydrogens (tertiary/aromatic N) is 8. The molecule has 0 aromatic carbocycles. The second-order valence-corrected chi connectivity index (χ2v) is 5.86. The first kappa shape index (κ1) is 12.7. The van der Waals surface area contributed by atoms with Crippen molar-refractivity contribution in [1.82, 2.24) is 29.5 Å². The molecule has 3 aromatic heterocycles. The average Bonchev–Trinajstić information content (AvgIpc) is 3.29. The monoisotopic (exact) mass is 312 g/mol. The summed E-state index contributed by atoms with van der Waals surface area (Å²) in [6.45, 7) is 1.62. The van der Waals surface area contributed by atoms with Crippen LogP contribution in [0.2, 0.25) is 0 Å². The van der Waals surface area contributed by atoms with Crippen molar-refractivity contribution in [1.29, 1.82) is 0 Å². The van der Waals surface area contributed by atoms with Gasteiger partial charge >= 0.3 is 0 Å². The van der Waals surface area contributed by atoms with E-state index < -0.39 is 5.82 Å². The van der Waals surface area contributed by atoms with Crippen molar-refractivity contribution in [2.24, 2.45) is 0 Å². The molecule has 2 aliphatic heterocycles. The molecule has 2 saturated heterocycles. The van der Waals surface area contributed by atoms with Gasteiger partial charge in [-0.2, -0.15) is 0 Å². The zero-order valence-electron chi connectivity index (χ0n) is 12.1. The van der Waals surface area contributed by atoms with Crippen LogP contribution >= 0.6 is 0 Å². The molecule has 2 aliphatic rings. The number of rotatable bonds is 2. The lowest BCUT2D eigenvalue weighted by atomic mass is 10.2. The summed E-state index contributed by atoms with van der Waals surface area (Å²) in [6.07, 6.45) is 8.71. The second kappa shape index (κ2) is 4.58. The smallest absolute Gasteiger partial charge is 0.225 e. The first-order chi connectivity index (χ1) is 11.3. The maximum absolute atomic E-state index is 13.0. The van der Waals surface area contributed by atoms with Crippen LogP contribution in [-0.2, 0) is 0 Å². The van der Waals surface area contributed by atoms with E-state index in [0.29, 0.717) is 18.0 Å². The Kier molecular flexibility index (Phi) is 2.52. The van der Waals surface area contributed by atoms with Crippen LogP contribution in [0.5, 0.6) is 0 Å². The van der Waals surface area contributed by atoms with Crippen LogP contribution in [0, 0.1) is 5.82 Å². The maximum atomic E-state index is 13.0. The Balaban J connectivity index is 1.44. The van der Waals surface area contributed by atoms with Crippen molar-refractivity contribution in [2.75, 3.05) is 22.9 Å². The summed E-state index contributed by atoms with van der Waals surface area (Å²) in [6, 6.07) is 0.625. The summed E-state index contributed by atoms with van der Waals surface area (Å²) in [5, 5.41) is 8.11. The first-order valence-corrected chi connectivity index (χ1v) is 7.45. The number of aromatic nitrogens is 6. The molecule has 2 atom stereocenters. The molecule has 0 aliphatic carbocycles. The highest BCUT2D eigenvalue weighted by atomic mass is 19.1. The van der Waals surface area contributed by atoms with Crippen LogP contribution in [0.4, 0.5) is 16.2 Å². The summed E-state index contributed by atoms with van der Waals surface area (Å²) >= 11 is 0. The Hall–Kier alpha value is -2.84. The fourth-order valence-electron chi connectivity index (χ4n) is 3.57. The zero-order valence-corrected chi connectivity index (χ0v) is 12.1. The molecule has 8 nitrogen and oxygen atoms in total. The number of fused-ring (bicyclic) bond motifs is 3. The van der Waals surface area contributed by atoms with Crippen molar-refractivity contribution in [3.63, 3.8) is 0 Å². The maximum Gasteiger partial charge on any atom is 0.225 e. The molecule has 0 amide bonds. The highest BCUT2D eigenvalue weighted by Crippen LogP contribution is 2.36. The minimum atomic E-state index is -0.414. The van der Waals surface area contributed by atoms with Gasteiger partial charge in [-0.1, -0.05) is 0 Å². The minimum Gasteiger partial charge on any atom is -0.347 e. The van der Waals surface area contributed by atoms with Gasteiger partial charge in [0.25, 0.3) is 0 Å². The van der Waals surface area contributed by atoms with E-state index in [4.69, 9.17) is 0 Å². The van der Waals surface area contributed by atoms with Gasteiger partial charge in [0.2, 0.25) is 11.6 Å². The number of hydrogen-bond donors (Lipinski definition) is 0. The first-order valence-electron chi connectivity index (χ1n) is 7.45. The lowest BCUT2D eigenvalue weighted by Gasteiger charge is -2.34. The highest BCUT2D eigenvalue weighted by Gasteiger charge is 2.45. The third-order valence-corrected chi connectivity index (χ3v) is 4.57. The van der Waals surface area contributed by atoms with Crippen molar-refractivity contribution in [3.8, 4) is 0 Å². The Labute approximate surface area is 130 Å². The van der Waals surface area contributed by atoms with E-state index in [1.807, 2.05) is 10.6 Å². The van der Waals surface area contributed by atoms with Crippen LogP contribution in [0.1, 0.15) is 6.42 Å². The van der Waals surface area contributed by atoms with Gasteiger partial charge in [0.1, 0.15) is 6.33 Å². The fraction of sp³-hybridized carbons (Fsp3) is 0.357. The van der Waals surface area contributed by atoms with Gasteiger partial charge in [-0.05, 0) is 6.42 Å². The van der Waals surface area contributed by atoms with Gasteiger partial charge in [-0.3, -0.25) is 4.40 Å². The molecule has 2 unspecified atom stereocenters. The van der Waals surface area contributed by atoms with Crippen molar-refractivity contribution in [2.45, 2.75) is 18.5 Å². The van der Waals surface area contributed by atoms with Crippen molar-refractivity contribution < 1.29 is 4.39 Å². The summed E-state index contributed by atoms with van der Waals surface area (Å²) < 4.78 is 14.9. The molecule has 3 aromatic rings. The lowest BCUT2D eigenvalue weighted by molar-refractivity contribution is 0.599.